The van der Waals surface area contributed by atoms with Crippen molar-refractivity contribution in [2.45, 2.75) is 33.5 Å². The number of aryl methyl sites for hydroxylation is 3. The van der Waals surface area contributed by atoms with E-state index in [1.54, 1.807) is 20.0 Å². The quantitative estimate of drug-likeness (QED) is 0.300. The standard InChI is InChI=1S/C27H26NO/c1-16(2)22-14-24(28(5)15-18(22)4)26-17(3)10-11-21-23-12-19-8-6-7-9-20(19)13-25(23)29-27(21)26/h6-16H,1-5H3/q+1/i4D3,16D. The summed E-state index contributed by atoms with van der Waals surface area (Å²) in [5.74, 6) is -1.07. The lowest BCUT2D eigenvalue weighted by Crippen LogP contribution is -2.32. The molecule has 0 bridgehead atoms. The number of aromatic nitrogens is 1. The molecule has 5 rings (SSSR count). The van der Waals surface area contributed by atoms with Gasteiger partial charge in [-0.05, 0) is 53.7 Å². The predicted molar refractivity (Wildman–Crippen MR) is 121 cm³/mol. The van der Waals surface area contributed by atoms with Gasteiger partial charge in [-0.15, -0.1) is 0 Å². The Balaban J connectivity index is 1.86. The molecule has 0 radical (unpaired) electrons. The largest absolute Gasteiger partial charge is 0.455 e. The Hall–Kier alpha value is -3.13. The van der Waals surface area contributed by atoms with E-state index in [2.05, 4.69) is 36.4 Å². The van der Waals surface area contributed by atoms with Crippen LogP contribution in [0.4, 0.5) is 0 Å². The molecule has 2 aromatic heterocycles. The number of furan rings is 1. The summed E-state index contributed by atoms with van der Waals surface area (Å²) < 4.78 is 40.9. The van der Waals surface area contributed by atoms with Crippen LogP contribution in [0.3, 0.4) is 0 Å². The Bertz CT molecular complexity index is 1550. The monoisotopic (exact) mass is 384 g/mol. The highest BCUT2D eigenvalue weighted by Crippen LogP contribution is 2.39. The van der Waals surface area contributed by atoms with Gasteiger partial charge in [0, 0.05) is 27.9 Å². The first-order valence-electron chi connectivity index (χ1n) is 11.8. The minimum Gasteiger partial charge on any atom is -0.455 e. The van der Waals surface area contributed by atoms with Crippen molar-refractivity contribution in [3.8, 4) is 11.3 Å². The van der Waals surface area contributed by atoms with Gasteiger partial charge in [-0.2, -0.15) is 0 Å². The van der Waals surface area contributed by atoms with Crippen molar-refractivity contribution in [2.75, 3.05) is 0 Å². The molecule has 2 nitrogen and oxygen atoms in total. The van der Waals surface area contributed by atoms with Gasteiger partial charge in [-0.25, -0.2) is 4.57 Å². The van der Waals surface area contributed by atoms with Crippen LogP contribution < -0.4 is 4.57 Å². The lowest BCUT2D eigenvalue weighted by molar-refractivity contribution is -0.660. The van der Waals surface area contributed by atoms with E-state index in [9.17, 15) is 0 Å². The van der Waals surface area contributed by atoms with Gasteiger partial charge in [-0.1, -0.05) is 50.2 Å². The molecule has 0 saturated carbocycles. The van der Waals surface area contributed by atoms with Crippen molar-refractivity contribution in [1.29, 1.82) is 0 Å². The van der Waals surface area contributed by atoms with Crippen molar-refractivity contribution in [3.63, 3.8) is 0 Å². The summed E-state index contributed by atoms with van der Waals surface area (Å²) in [6.07, 6.45) is 1.64. The Kier molecular flexibility index (Phi) is 3.10. The average molecular weight is 385 g/mol. The first kappa shape index (κ1) is 13.9. The summed E-state index contributed by atoms with van der Waals surface area (Å²) in [6.45, 7) is 3.18. The zero-order chi connectivity index (χ0) is 23.7. The number of hydrogen-bond donors (Lipinski definition) is 0. The number of benzene rings is 3. The summed E-state index contributed by atoms with van der Waals surface area (Å²) >= 11 is 0. The van der Waals surface area contributed by atoms with E-state index in [1.165, 1.54) is 0 Å². The van der Waals surface area contributed by atoms with Crippen LogP contribution in [0.5, 0.6) is 0 Å². The normalized spacial score (nSPS) is 14.8. The maximum Gasteiger partial charge on any atom is 0.216 e. The zero-order valence-electron chi connectivity index (χ0n) is 21.1. The van der Waals surface area contributed by atoms with Crippen LogP contribution in [-0.2, 0) is 7.05 Å². The molecule has 0 N–H and O–H groups in total. The van der Waals surface area contributed by atoms with Crippen molar-refractivity contribution in [2.24, 2.45) is 7.05 Å². The van der Waals surface area contributed by atoms with E-state index in [0.29, 0.717) is 5.56 Å². The minimum atomic E-state index is -2.30. The van der Waals surface area contributed by atoms with Gasteiger partial charge in [0.1, 0.15) is 18.2 Å². The van der Waals surface area contributed by atoms with Gasteiger partial charge in [0.15, 0.2) is 6.20 Å². The lowest BCUT2D eigenvalue weighted by atomic mass is 9.94. The average Bonchev–Trinajstić information content (AvgIpc) is 3.08. The smallest absolute Gasteiger partial charge is 0.216 e. The highest BCUT2D eigenvalue weighted by Gasteiger charge is 2.22. The van der Waals surface area contributed by atoms with Crippen LogP contribution in [0.15, 0.2) is 65.2 Å². The molecule has 0 aliphatic carbocycles. The first-order chi connectivity index (χ1) is 15.4. The number of hydrogen-bond acceptors (Lipinski definition) is 1. The third kappa shape index (κ3) is 2.74. The van der Waals surface area contributed by atoms with Crippen LogP contribution in [0.2, 0.25) is 0 Å². The van der Waals surface area contributed by atoms with Gasteiger partial charge in [-0.3, -0.25) is 0 Å². The summed E-state index contributed by atoms with van der Waals surface area (Å²) in [5, 5.41) is 4.34. The number of pyridine rings is 1. The fourth-order valence-corrected chi connectivity index (χ4v) is 4.25. The maximum atomic E-state index is 8.63. The number of nitrogens with zero attached hydrogens (tertiary/aromatic N) is 1. The second-order valence-corrected chi connectivity index (χ2v) is 8.03. The molecule has 0 aliphatic rings. The fourth-order valence-electron chi connectivity index (χ4n) is 4.25. The van der Waals surface area contributed by atoms with E-state index >= 15 is 0 Å². The highest BCUT2D eigenvalue weighted by atomic mass is 16.3. The molecule has 2 heterocycles. The van der Waals surface area contributed by atoms with Gasteiger partial charge >= 0.3 is 0 Å². The van der Waals surface area contributed by atoms with Gasteiger partial charge in [0.2, 0.25) is 5.69 Å². The van der Waals surface area contributed by atoms with E-state index in [1.807, 2.05) is 36.7 Å². The third-order valence-corrected chi connectivity index (χ3v) is 5.78. The summed E-state index contributed by atoms with van der Waals surface area (Å²) in [5.41, 5.74) is 5.05. The van der Waals surface area contributed by atoms with Crippen LogP contribution >= 0.6 is 0 Å². The maximum absolute atomic E-state index is 8.63. The van der Waals surface area contributed by atoms with Crippen LogP contribution in [0.1, 0.15) is 41.9 Å². The van der Waals surface area contributed by atoms with Crippen molar-refractivity contribution < 1.29 is 14.5 Å². The number of fused-ring (bicyclic) bond motifs is 4. The Morgan fingerprint density at radius 1 is 0.966 bits per heavy atom. The molecule has 144 valence electrons. The second-order valence-electron chi connectivity index (χ2n) is 8.03. The van der Waals surface area contributed by atoms with Crippen molar-refractivity contribution in [1.82, 2.24) is 0 Å². The second kappa shape index (κ2) is 6.45. The molecule has 0 spiro atoms. The highest BCUT2D eigenvalue weighted by molar-refractivity contribution is 6.13. The molecule has 5 aromatic rings. The summed E-state index contributed by atoms with van der Waals surface area (Å²) in [7, 11) is 1.85. The minimum absolute atomic E-state index is 0.203. The summed E-state index contributed by atoms with van der Waals surface area (Å²) in [4.78, 5) is 0. The molecule has 0 atom stereocenters. The van der Waals surface area contributed by atoms with Gasteiger partial charge in [0.25, 0.3) is 0 Å². The molecule has 0 amide bonds. The lowest BCUT2D eigenvalue weighted by Gasteiger charge is -2.12. The molecular weight excluding hydrogens is 354 g/mol. The number of rotatable bonds is 2. The van der Waals surface area contributed by atoms with E-state index in [4.69, 9.17) is 9.90 Å². The van der Waals surface area contributed by atoms with Crippen LogP contribution in [0, 0.1) is 13.8 Å². The first-order valence-corrected chi connectivity index (χ1v) is 9.85. The van der Waals surface area contributed by atoms with E-state index in [-0.39, 0.29) is 5.56 Å². The molecule has 0 saturated heterocycles. The zero-order valence-corrected chi connectivity index (χ0v) is 17.1. The van der Waals surface area contributed by atoms with Crippen molar-refractivity contribution in [3.05, 3.63) is 77.5 Å². The van der Waals surface area contributed by atoms with Gasteiger partial charge < -0.3 is 4.42 Å². The van der Waals surface area contributed by atoms with E-state index < -0.39 is 12.7 Å². The predicted octanol–water partition coefficient (Wildman–Crippen LogP) is 6.97. The van der Waals surface area contributed by atoms with Crippen molar-refractivity contribution >= 4 is 32.7 Å². The van der Waals surface area contributed by atoms with Crippen LogP contribution in [0.25, 0.3) is 44.0 Å². The van der Waals surface area contributed by atoms with E-state index in [0.717, 1.165) is 49.5 Å². The van der Waals surface area contributed by atoms with Gasteiger partial charge in [0.05, 0.1) is 5.56 Å². The van der Waals surface area contributed by atoms with Crippen LogP contribution in [-0.4, -0.2) is 0 Å². The molecule has 0 unspecified atom stereocenters. The topological polar surface area (TPSA) is 17.0 Å². The Morgan fingerprint density at radius 2 is 1.72 bits per heavy atom. The Morgan fingerprint density at radius 3 is 2.45 bits per heavy atom. The molecule has 29 heavy (non-hydrogen) atoms. The molecule has 2 heteroatoms. The molecule has 0 fully saturated rings. The fraction of sp³-hybridized carbons (Fsp3) is 0.222. The molecular formula is C27H26NO+. The SMILES string of the molecule is [2H]C([2H])([2H])c1c[n+](C)c(-c2c(C)ccc3c2oc2cc4ccccc4cc23)cc1C([2H])(C)C. The Labute approximate surface area is 177 Å². The molecule has 3 aromatic carbocycles. The molecule has 0 aliphatic heterocycles. The summed E-state index contributed by atoms with van der Waals surface area (Å²) in [6, 6.07) is 18.5. The third-order valence-electron chi connectivity index (χ3n) is 5.78.